The number of ether oxygens (including phenoxy) is 1. The second-order valence-corrected chi connectivity index (χ2v) is 5.82. The van der Waals surface area contributed by atoms with E-state index in [1.807, 2.05) is 0 Å². The fourth-order valence-corrected chi connectivity index (χ4v) is 3.07. The van der Waals surface area contributed by atoms with Crippen LogP contribution in [0.4, 0.5) is 5.69 Å². The predicted octanol–water partition coefficient (Wildman–Crippen LogP) is 2.06. The van der Waals surface area contributed by atoms with Crippen LogP contribution in [0.3, 0.4) is 0 Å². The SMILES string of the molecule is c1ccc(NN2CCC(CN3CCOCC3)CC2)cc1. The topological polar surface area (TPSA) is 27.7 Å². The number of benzene rings is 1. The molecule has 0 amide bonds. The summed E-state index contributed by atoms with van der Waals surface area (Å²) in [4.78, 5) is 2.56. The summed E-state index contributed by atoms with van der Waals surface area (Å²) in [5.74, 6) is 0.849. The summed E-state index contributed by atoms with van der Waals surface area (Å²) in [6.07, 6.45) is 2.58. The number of rotatable bonds is 4. The summed E-state index contributed by atoms with van der Waals surface area (Å²) in [7, 11) is 0. The molecule has 2 saturated heterocycles. The Kier molecular flexibility index (Phi) is 4.90. The molecule has 4 nitrogen and oxygen atoms in total. The van der Waals surface area contributed by atoms with E-state index in [9.17, 15) is 0 Å². The van der Waals surface area contributed by atoms with Crippen LogP contribution in [0.5, 0.6) is 0 Å². The lowest BCUT2D eigenvalue weighted by molar-refractivity contribution is 0.0254. The van der Waals surface area contributed by atoms with Crippen molar-refractivity contribution in [3.8, 4) is 0 Å². The molecule has 1 aromatic carbocycles. The first-order chi connectivity index (χ1) is 9.90. The summed E-state index contributed by atoms with van der Waals surface area (Å²) in [5.41, 5.74) is 4.70. The maximum Gasteiger partial charge on any atom is 0.0594 e. The van der Waals surface area contributed by atoms with Gasteiger partial charge >= 0.3 is 0 Å². The van der Waals surface area contributed by atoms with Crippen LogP contribution in [0.15, 0.2) is 30.3 Å². The van der Waals surface area contributed by atoms with E-state index in [0.717, 1.165) is 45.3 Å². The molecule has 2 heterocycles. The van der Waals surface area contributed by atoms with Crippen molar-refractivity contribution in [3.63, 3.8) is 0 Å². The van der Waals surface area contributed by atoms with Gasteiger partial charge < -0.3 is 10.2 Å². The minimum absolute atomic E-state index is 0.849. The number of para-hydroxylation sites is 1. The number of morpholine rings is 1. The smallest absolute Gasteiger partial charge is 0.0594 e. The molecule has 1 aromatic rings. The molecule has 2 fully saturated rings. The first-order valence-corrected chi connectivity index (χ1v) is 7.77. The van der Waals surface area contributed by atoms with Gasteiger partial charge in [0, 0.05) is 38.4 Å². The number of piperidine rings is 1. The molecule has 0 atom stereocenters. The molecule has 3 rings (SSSR count). The fourth-order valence-electron chi connectivity index (χ4n) is 3.07. The summed E-state index contributed by atoms with van der Waals surface area (Å²) in [6, 6.07) is 10.5. The predicted molar refractivity (Wildman–Crippen MR) is 81.6 cm³/mol. The third kappa shape index (κ3) is 3.95. The van der Waals surface area contributed by atoms with Gasteiger partial charge in [0.05, 0.1) is 13.2 Å². The van der Waals surface area contributed by atoms with Gasteiger partial charge in [-0.15, -0.1) is 0 Å². The minimum Gasteiger partial charge on any atom is -0.379 e. The fraction of sp³-hybridized carbons (Fsp3) is 0.625. The summed E-state index contributed by atoms with van der Waals surface area (Å²) in [5, 5.41) is 2.35. The third-order valence-corrected chi connectivity index (χ3v) is 4.30. The summed E-state index contributed by atoms with van der Waals surface area (Å²) < 4.78 is 5.41. The standard InChI is InChI=1S/C16H25N3O/c1-2-4-16(5-3-1)17-19-8-6-15(7-9-19)14-18-10-12-20-13-11-18/h1-5,15,17H,6-14H2. The molecule has 0 aromatic heterocycles. The molecule has 0 spiro atoms. The molecule has 2 aliphatic heterocycles. The molecule has 110 valence electrons. The Labute approximate surface area is 121 Å². The zero-order valence-electron chi connectivity index (χ0n) is 12.1. The lowest BCUT2D eigenvalue weighted by atomic mass is 9.97. The van der Waals surface area contributed by atoms with E-state index >= 15 is 0 Å². The Hall–Kier alpha value is -1.10. The van der Waals surface area contributed by atoms with E-state index in [2.05, 4.69) is 45.7 Å². The molecule has 0 radical (unpaired) electrons. The summed E-state index contributed by atoms with van der Waals surface area (Å²) >= 11 is 0. The van der Waals surface area contributed by atoms with E-state index in [1.165, 1.54) is 25.1 Å². The van der Waals surface area contributed by atoms with Crippen molar-refractivity contribution in [2.24, 2.45) is 5.92 Å². The van der Waals surface area contributed by atoms with Crippen molar-refractivity contribution < 1.29 is 4.74 Å². The van der Waals surface area contributed by atoms with Crippen molar-refractivity contribution >= 4 is 5.69 Å². The van der Waals surface area contributed by atoms with E-state index in [4.69, 9.17) is 4.74 Å². The van der Waals surface area contributed by atoms with Gasteiger partial charge in [0.25, 0.3) is 0 Å². The van der Waals surface area contributed by atoms with Gasteiger partial charge in [-0.2, -0.15) is 0 Å². The van der Waals surface area contributed by atoms with E-state index < -0.39 is 0 Å². The number of hydrogen-bond donors (Lipinski definition) is 1. The van der Waals surface area contributed by atoms with Gasteiger partial charge in [0.1, 0.15) is 0 Å². The minimum atomic E-state index is 0.849. The van der Waals surface area contributed by atoms with Gasteiger partial charge in [-0.1, -0.05) is 18.2 Å². The monoisotopic (exact) mass is 275 g/mol. The number of nitrogens with one attached hydrogen (secondary N) is 1. The van der Waals surface area contributed by atoms with Crippen molar-refractivity contribution in [2.45, 2.75) is 12.8 Å². The van der Waals surface area contributed by atoms with Gasteiger partial charge in [-0.25, -0.2) is 5.01 Å². The molecular formula is C16H25N3O. The molecule has 1 N–H and O–H groups in total. The Morgan fingerprint density at radius 1 is 1.00 bits per heavy atom. The lowest BCUT2D eigenvalue weighted by Gasteiger charge is -2.36. The van der Waals surface area contributed by atoms with Crippen LogP contribution in [0.25, 0.3) is 0 Å². The second kappa shape index (κ2) is 7.07. The number of hydrogen-bond acceptors (Lipinski definition) is 4. The highest BCUT2D eigenvalue weighted by Gasteiger charge is 2.22. The molecule has 2 aliphatic rings. The Morgan fingerprint density at radius 3 is 2.40 bits per heavy atom. The van der Waals surface area contributed by atoms with Gasteiger partial charge in [0.15, 0.2) is 0 Å². The average Bonchev–Trinajstić information content (AvgIpc) is 2.51. The van der Waals surface area contributed by atoms with Gasteiger partial charge in [-0.05, 0) is 30.9 Å². The molecule has 4 heteroatoms. The largest absolute Gasteiger partial charge is 0.379 e. The third-order valence-electron chi connectivity index (χ3n) is 4.30. The van der Waals surface area contributed by atoms with Crippen LogP contribution >= 0.6 is 0 Å². The van der Waals surface area contributed by atoms with Crippen LogP contribution < -0.4 is 5.43 Å². The molecule has 0 unspecified atom stereocenters. The number of hydrazine groups is 1. The van der Waals surface area contributed by atoms with Crippen molar-refractivity contribution in [1.82, 2.24) is 9.91 Å². The Morgan fingerprint density at radius 2 is 1.70 bits per heavy atom. The van der Waals surface area contributed by atoms with Crippen LogP contribution in [0.1, 0.15) is 12.8 Å². The lowest BCUT2D eigenvalue weighted by Crippen LogP contribution is -2.44. The molecule has 0 aliphatic carbocycles. The van der Waals surface area contributed by atoms with E-state index in [-0.39, 0.29) is 0 Å². The number of anilines is 1. The van der Waals surface area contributed by atoms with Gasteiger partial charge in [0.2, 0.25) is 0 Å². The van der Waals surface area contributed by atoms with Crippen LogP contribution in [-0.4, -0.2) is 55.8 Å². The highest BCUT2D eigenvalue weighted by atomic mass is 16.5. The Bertz CT molecular complexity index is 384. The van der Waals surface area contributed by atoms with E-state index in [1.54, 1.807) is 0 Å². The highest BCUT2D eigenvalue weighted by Crippen LogP contribution is 2.19. The average molecular weight is 275 g/mol. The van der Waals surface area contributed by atoms with Crippen LogP contribution in [0, 0.1) is 5.92 Å². The summed E-state index contributed by atoms with van der Waals surface area (Å²) in [6.45, 7) is 7.59. The van der Waals surface area contributed by atoms with Crippen LogP contribution in [-0.2, 0) is 4.74 Å². The number of nitrogens with zero attached hydrogens (tertiary/aromatic N) is 2. The zero-order chi connectivity index (χ0) is 13.6. The van der Waals surface area contributed by atoms with Crippen LogP contribution in [0.2, 0.25) is 0 Å². The normalized spacial score (nSPS) is 22.8. The highest BCUT2D eigenvalue weighted by molar-refractivity contribution is 5.41. The zero-order valence-corrected chi connectivity index (χ0v) is 12.1. The molecule has 0 saturated carbocycles. The maximum absolute atomic E-state index is 5.41. The molecular weight excluding hydrogens is 250 g/mol. The second-order valence-electron chi connectivity index (χ2n) is 5.82. The first kappa shape index (κ1) is 13.9. The molecule has 20 heavy (non-hydrogen) atoms. The van der Waals surface area contributed by atoms with Crippen molar-refractivity contribution in [3.05, 3.63) is 30.3 Å². The van der Waals surface area contributed by atoms with Gasteiger partial charge in [-0.3, -0.25) is 4.90 Å². The molecule has 0 bridgehead atoms. The first-order valence-electron chi connectivity index (χ1n) is 7.77. The van der Waals surface area contributed by atoms with Crippen molar-refractivity contribution in [2.75, 3.05) is 51.4 Å². The maximum atomic E-state index is 5.41. The quantitative estimate of drug-likeness (QED) is 0.910. The van der Waals surface area contributed by atoms with Crippen molar-refractivity contribution in [1.29, 1.82) is 0 Å². The van der Waals surface area contributed by atoms with E-state index in [0.29, 0.717) is 0 Å². The Balaban J connectivity index is 1.40.